The zero-order valence-electron chi connectivity index (χ0n) is 18.0. The van der Waals surface area contributed by atoms with Crippen LogP contribution in [0, 0.1) is 0 Å². The Hall–Kier alpha value is -3.15. The van der Waals surface area contributed by atoms with Crippen molar-refractivity contribution in [3.05, 3.63) is 48.5 Å². The van der Waals surface area contributed by atoms with Crippen LogP contribution in [0.25, 0.3) is 0 Å². The fraction of sp³-hybridized carbons (Fsp3) is 0.364. The van der Waals surface area contributed by atoms with E-state index in [1.54, 1.807) is 11.0 Å². The number of anilines is 1. The van der Waals surface area contributed by atoms with E-state index in [4.69, 9.17) is 14.6 Å². The molecule has 176 valence electrons. The number of fused-ring (bicyclic) bond motifs is 1. The number of ether oxygens (including phenoxy) is 2. The Bertz CT molecular complexity index is 1110. The molecule has 0 aromatic heterocycles. The molecule has 2 heterocycles. The average molecular weight is 475 g/mol. The maximum atomic E-state index is 12.8. The molecule has 0 saturated carbocycles. The van der Waals surface area contributed by atoms with Crippen molar-refractivity contribution < 1.29 is 27.5 Å². The molecule has 0 bridgehead atoms. The van der Waals surface area contributed by atoms with E-state index in [0.717, 1.165) is 0 Å². The van der Waals surface area contributed by atoms with Crippen LogP contribution in [0.2, 0.25) is 0 Å². The van der Waals surface area contributed by atoms with Gasteiger partial charge in [-0.15, -0.1) is 0 Å². The van der Waals surface area contributed by atoms with Gasteiger partial charge in [0.25, 0.3) is 5.91 Å². The molecule has 11 heteroatoms. The lowest BCUT2D eigenvalue weighted by Crippen LogP contribution is -2.54. The zero-order chi connectivity index (χ0) is 23.4. The summed E-state index contributed by atoms with van der Waals surface area (Å²) in [7, 11) is -3.77. The molecule has 2 aliphatic heterocycles. The number of sulfonamides is 1. The van der Waals surface area contributed by atoms with E-state index < -0.39 is 16.1 Å². The summed E-state index contributed by atoms with van der Waals surface area (Å²) >= 11 is 0. The largest absolute Gasteiger partial charge is 0.485 e. The van der Waals surface area contributed by atoms with E-state index in [1.807, 2.05) is 18.2 Å². The number of piperazine rings is 1. The number of amides is 2. The van der Waals surface area contributed by atoms with E-state index in [2.05, 4.69) is 10.2 Å². The van der Waals surface area contributed by atoms with Crippen molar-refractivity contribution in [3.63, 3.8) is 0 Å². The molecule has 3 N–H and O–H groups in total. The second-order valence-corrected chi connectivity index (χ2v) is 9.46. The predicted octanol–water partition coefficient (Wildman–Crippen LogP) is 0.647. The van der Waals surface area contributed by atoms with E-state index in [1.165, 1.54) is 24.3 Å². The molecule has 0 spiro atoms. The van der Waals surface area contributed by atoms with Crippen molar-refractivity contribution in [3.8, 4) is 11.5 Å². The third kappa shape index (κ3) is 5.81. The van der Waals surface area contributed by atoms with Crippen LogP contribution in [0.5, 0.6) is 11.5 Å². The highest BCUT2D eigenvalue weighted by Crippen LogP contribution is 2.31. The summed E-state index contributed by atoms with van der Waals surface area (Å²) < 4.78 is 34.0. The minimum atomic E-state index is -3.77. The van der Waals surface area contributed by atoms with Crippen molar-refractivity contribution >= 4 is 27.5 Å². The van der Waals surface area contributed by atoms with Crippen LogP contribution in [0.15, 0.2) is 53.4 Å². The second-order valence-electron chi connectivity index (χ2n) is 7.90. The quantitative estimate of drug-likeness (QED) is 0.628. The standard InChI is InChI=1S/C22H26N4O6S/c23-33(29,30)17-7-5-16(6-8-17)24-21(27)9-10-25-11-13-26(14-12-25)22(28)20-15-31-18-3-1-2-4-19(18)32-20/h1-8,20H,9-15H2,(H,24,27)(H2,23,29,30). The number of rotatable bonds is 6. The number of para-hydroxylation sites is 2. The fourth-order valence-corrected chi connectivity index (χ4v) is 4.26. The Morgan fingerprint density at radius 1 is 1.00 bits per heavy atom. The van der Waals surface area contributed by atoms with Gasteiger partial charge in [-0.2, -0.15) is 0 Å². The molecule has 0 radical (unpaired) electrons. The minimum absolute atomic E-state index is 0.0117. The first-order valence-corrected chi connectivity index (χ1v) is 12.2. The summed E-state index contributed by atoms with van der Waals surface area (Å²) in [6.45, 7) is 3.17. The molecular formula is C22H26N4O6S. The van der Waals surface area contributed by atoms with Crippen LogP contribution in [0.1, 0.15) is 6.42 Å². The van der Waals surface area contributed by atoms with Gasteiger partial charge < -0.3 is 19.7 Å². The normalized spacial score (nSPS) is 18.6. The topological polar surface area (TPSA) is 131 Å². The number of carbonyl (C=O) groups is 2. The third-order valence-electron chi connectivity index (χ3n) is 5.59. The number of nitrogens with one attached hydrogen (secondary N) is 1. The Balaban J connectivity index is 1.19. The van der Waals surface area contributed by atoms with Crippen molar-refractivity contribution in [2.45, 2.75) is 17.4 Å². The molecule has 2 aliphatic rings. The fourth-order valence-electron chi connectivity index (χ4n) is 3.75. The molecule has 0 aliphatic carbocycles. The molecule has 10 nitrogen and oxygen atoms in total. The van der Waals surface area contributed by atoms with Crippen LogP contribution in [0.4, 0.5) is 5.69 Å². The lowest BCUT2D eigenvalue weighted by molar-refractivity contribution is -0.143. The number of nitrogens with two attached hydrogens (primary N) is 1. The number of benzene rings is 2. The summed E-state index contributed by atoms with van der Waals surface area (Å²) in [6.07, 6.45) is -0.376. The Morgan fingerprint density at radius 2 is 1.67 bits per heavy atom. The molecule has 1 unspecified atom stereocenters. The molecule has 1 saturated heterocycles. The summed E-state index contributed by atoms with van der Waals surface area (Å²) in [5, 5.41) is 7.81. The lowest BCUT2D eigenvalue weighted by Gasteiger charge is -2.37. The first-order valence-electron chi connectivity index (χ1n) is 10.6. The van der Waals surface area contributed by atoms with Gasteiger partial charge in [0, 0.05) is 44.8 Å². The number of primary sulfonamides is 1. The first kappa shape index (κ1) is 23.0. The van der Waals surface area contributed by atoms with Gasteiger partial charge in [0.05, 0.1) is 4.90 Å². The Labute approximate surface area is 192 Å². The Kier molecular flexibility index (Phi) is 6.82. The summed E-state index contributed by atoms with van der Waals surface area (Å²) in [4.78, 5) is 28.9. The van der Waals surface area contributed by atoms with Crippen molar-refractivity contribution in [2.24, 2.45) is 5.14 Å². The molecule has 33 heavy (non-hydrogen) atoms. The predicted molar refractivity (Wildman–Crippen MR) is 120 cm³/mol. The van der Waals surface area contributed by atoms with Crippen molar-refractivity contribution in [2.75, 3.05) is 44.6 Å². The van der Waals surface area contributed by atoms with Crippen molar-refractivity contribution in [1.29, 1.82) is 0 Å². The van der Waals surface area contributed by atoms with E-state index in [9.17, 15) is 18.0 Å². The van der Waals surface area contributed by atoms with Gasteiger partial charge in [-0.25, -0.2) is 13.6 Å². The molecule has 2 amide bonds. The maximum Gasteiger partial charge on any atom is 0.267 e. The number of carbonyl (C=O) groups excluding carboxylic acids is 2. The second kappa shape index (κ2) is 9.77. The van der Waals surface area contributed by atoms with Gasteiger partial charge in [-0.3, -0.25) is 14.5 Å². The molecule has 1 atom stereocenters. The van der Waals surface area contributed by atoms with Gasteiger partial charge in [0.15, 0.2) is 11.5 Å². The smallest absolute Gasteiger partial charge is 0.267 e. The zero-order valence-corrected chi connectivity index (χ0v) is 18.8. The monoisotopic (exact) mass is 474 g/mol. The van der Waals surface area contributed by atoms with Gasteiger partial charge >= 0.3 is 0 Å². The van der Waals surface area contributed by atoms with Gasteiger partial charge in [0.1, 0.15) is 6.61 Å². The summed E-state index contributed by atoms with van der Waals surface area (Å²) in [5.41, 5.74) is 0.499. The average Bonchev–Trinajstić information content (AvgIpc) is 2.82. The molecular weight excluding hydrogens is 448 g/mol. The number of hydrogen-bond acceptors (Lipinski definition) is 7. The molecule has 1 fully saturated rings. The van der Waals surface area contributed by atoms with E-state index in [-0.39, 0.29) is 29.7 Å². The van der Waals surface area contributed by atoms with Crippen LogP contribution in [-0.4, -0.2) is 75.5 Å². The third-order valence-corrected chi connectivity index (χ3v) is 6.52. The maximum absolute atomic E-state index is 12.8. The van der Waals surface area contributed by atoms with Crippen LogP contribution in [-0.2, 0) is 19.6 Å². The number of hydrogen-bond donors (Lipinski definition) is 2. The van der Waals surface area contributed by atoms with Gasteiger partial charge in [-0.1, -0.05) is 12.1 Å². The number of nitrogens with zero attached hydrogens (tertiary/aromatic N) is 2. The van der Waals surface area contributed by atoms with Gasteiger partial charge in [0.2, 0.25) is 22.0 Å². The van der Waals surface area contributed by atoms with Gasteiger partial charge in [-0.05, 0) is 36.4 Å². The van der Waals surface area contributed by atoms with E-state index in [0.29, 0.717) is 49.9 Å². The Morgan fingerprint density at radius 3 is 2.33 bits per heavy atom. The highest BCUT2D eigenvalue weighted by molar-refractivity contribution is 7.89. The lowest BCUT2D eigenvalue weighted by atomic mass is 10.2. The summed E-state index contributed by atoms with van der Waals surface area (Å²) in [6, 6.07) is 13.0. The molecule has 2 aromatic carbocycles. The SMILES string of the molecule is NS(=O)(=O)c1ccc(NC(=O)CCN2CCN(C(=O)C3COc4ccccc4O3)CC2)cc1. The highest BCUT2D eigenvalue weighted by atomic mass is 32.2. The van der Waals surface area contributed by atoms with Crippen LogP contribution >= 0.6 is 0 Å². The van der Waals surface area contributed by atoms with E-state index >= 15 is 0 Å². The van der Waals surface area contributed by atoms with Crippen LogP contribution < -0.4 is 19.9 Å². The first-order chi connectivity index (χ1) is 15.8. The summed E-state index contributed by atoms with van der Waals surface area (Å²) in [5.74, 6) is 0.948. The van der Waals surface area contributed by atoms with Crippen molar-refractivity contribution in [1.82, 2.24) is 9.80 Å². The molecule has 4 rings (SSSR count). The van der Waals surface area contributed by atoms with Crippen LogP contribution in [0.3, 0.4) is 0 Å². The molecule has 2 aromatic rings. The minimum Gasteiger partial charge on any atom is -0.485 e. The highest BCUT2D eigenvalue weighted by Gasteiger charge is 2.32.